The number of nitrogens with two attached hydrogens (primary N) is 1. The summed E-state index contributed by atoms with van der Waals surface area (Å²) in [5.41, 5.74) is 5.86. The van der Waals surface area contributed by atoms with Gasteiger partial charge in [0.1, 0.15) is 0 Å². The first kappa shape index (κ1) is 16.4. The van der Waals surface area contributed by atoms with Crippen LogP contribution in [0.2, 0.25) is 0 Å². The van der Waals surface area contributed by atoms with Crippen molar-refractivity contribution in [1.29, 1.82) is 0 Å². The second-order valence-electron chi connectivity index (χ2n) is 5.12. The molecule has 6 heteroatoms. The number of nitrogens with zero attached hydrogens (tertiary/aromatic N) is 1. The molecule has 0 aliphatic carbocycles. The van der Waals surface area contributed by atoms with E-state index >= 15 is 0 Å². The van der Waals surface area contributed by atoms with E-state index in [1.54, 1.807) is 0 Å². The number of aliphatic imine (C=N–C) groups is 1. The van der Waals surface area contributed by atoms with E-state index < -0.39 is 0 Å². The minimum Gasteiger partial charge on any atom is -0.376 e. The van der Waals surface area contributed by atoms with E-state index in [0.29, 0.717) is 16.8 Å². The van der Waals surface area contributed by atoms with Crippen molar-refractivity contribution in [3.63, 3.8) is 0 Å². The first-order chi connectivity index (χ1) is 8.18. The highest BCUT2D eigenvalue weighted by Gasteiger charge is 2.29. The van der Waals surface area contributed by atoms with Crippen LogP contribution in [0.4, 0.5) is 0 Å². The average Bonchev–Trinajstić information content (AvgIpc) is 2.95. The number of guanidine groups is 1. The topological polar surface area (TPSA) is 59.6 Å². The van der Waals surface area contributed by atoms with E-state index in [-0.39, 0.29) is 24.0 Å². The third kappa shape index (κ3) is 5.13. The minimum absolute atomic E-state index is 0. The highest BCUT2D eigenvalue weighted by atomic mass is 127. The molecule has 0 aromatic heterocycles. The summed E-state index contributed by atoms with van der Waals surface area (Å²) in [5.74, 6) is 1.82. The zero-order valence-corrected chi connectivity index (χ0v) is 14.1. The van der Waals surface area contributed by atoms with Crippen LogP contribution in [0.25, 0.3) is 0 Å². The van der Waals surface area contributed by atoms with Crippen molar-refractivity contribution < 1.29 is 4.74 Å². The predicted molar refractivity (Wildman–Crippen MR) is 89.0 cm³/mol. The second kappa shape index (κ2) is 7.79. The van der Waals surface area contributed by atoms with Gasteiger partial charge in [0.05, 0.1) is 12.6 Å². The van der Waals surface area contributed by atoms with Crippen LogP contribution in [-0.4, -0.2) is 42.3 Å². The fourth-order valence-electron chi connectivity index (χ4n) is 2.29. The zero-order chi connectivity index (χ0) is 12.1. The Bertz CT molecular complexity index is 276. The highest BCUT2D eigenvalue weighted by molar-refractivity contribution is 14.0. The Kier molecular flexibility index (Phi) is 7.08. The molecule has 0 aromatic carbocycles. The fourth-order valence-corrected chi connectivity index (χ4v) is 3.52. The van der Waals surface area contributed by atoms with Gasteiger partial charge in [-0.15, -0.1) is 24.0 Å². The number of ether oxygens (including phenoxy) is 1. The Morgan fingerprint density at radius 1 is 1.56 bits per heavy atom. The quantitative estimate of drug-likeness (QED) is 0.442. The number of hydrogen-bond acceptors (Lipinski definition) is 3. The maximum atomic E-state index is 5.86. The zero-order valence-electron chi connectivity index (χ0n) is 11.0. The smallest absolute Gasteiger partial charge is 0.188 e. The largest absolute Gasteiger partial charge is 0.376 e. The Morgan fingerprint density at radius 3 is 3.00 bits per heavy atom. The van der Waals surface area contributed by atoms with E-state index in [0.717, 1.165) is 32.5 Å². The van der Waals surface area contributed by atoms with Gasteiger partial charge in [0.15, 0.2) is 5.96 Å². The molecule has 2 fully saturated rings. The van der Waals surface area contributed by atoms with E-state index in [4.69, 9.17) is 10.5 Å². The normalized spacial score (nSPS) is 32.3. The van der Waals surface area contributed by atoms with Crippen LogP contribution < -0.4 is 11.1 Å². The van der Waals surface area contributed by atoms with Gasteiger partial charge in [-0.05, 0) is 38.4 Å². The molecule has 2 atom stereocenters. The summed E-state index contributed by atoms with van der Waals surface area (Å²) in [6.45, 7) is 4.78. The highest BCUT2D eigenvalue weighted by Crippen LogP contribution is 2.37. The number of rotatable bonds is 4. The summed E-state index contributed by atoms with van der Waals surface area (Å²) < 4.78 is 5.83. The molecule has 2 unspecified atom stereocenters. The van der Waals surface area contributed by atoms with Gasteiger partial charge in [0, 0.05) is 17.9 Å². The van der Waals surface area contributed by atoms with Gasteiger partial charge in [0.2, 0.25) is 0 Å². The van der Waals surface area contributed by atoms with Gasteiger partial charge >= 0.3 is 0 Å². The van der Waals surface area contributed by atoms with Gasteiger partial charge in [0.25, 0.3) is 0 Å². The Morgan fingerprint density at radius 2 is 2.39 bits per heavy atom. The molecular formula is C12H24IN3OS. The first-order valence-electron chi connectivity index (χ1n) is 6.47. The number of halogens is 1. The van der Waals surface area contributed by atoms with E-state index in [1.165, 1.54) is 18.6 Å². The fraction of sp³-hybridized carbons (Fsp3) is 0.917. The lowest BCUT2D eigenvalue weighted by Gasteiger charge is -2.20. The van der Waals surface area contributed by atoms with Crippen molar-refractivity contribution in [2.45, 2.75) is 43.5 Å². The molecule has 0 aromatic rings. The number of nitrogens with one attached hydrogen (secondary N) is 1. The number of thioether (sulfide) groups is 1. The van der Waals surface area contributed by atoms with E-state index in [1.807, 2.05) is 11.8 Å². The SMILES string of the molecule is CC1(CN=C(N)NCC2CCCO2)CCCS1.I. The molecule has 18 heavy (non-hydrogen) atoms. The summed E-state index contributed by atoms with van der Waals surface area (Å²) in [7, 11) is 0. The van der Waals surface area contributed by atoms with Crippen molar-refractivity contribution in [2.24, 2.45) is 10.7 Å². The van der Waals surface area contributed by atoms with Crippen LogP contribution in [0, 0.1) is 0 Å². The summed E-state index contributed by atoms with van der Waals surface area (Å²) in [6.07, 6.45) is 5.17. The summed E-state index contributed by atoms with van der Waals surface area (Å²) in [6, 6.07) is 0. The molecule has 2 saturated heterocycles. The molecule has 2 aliphatic rings. The molecule has 0 bridgehead atoms. The Hall–Kier alpha value is 0.310. The van der Waals surface area contributed by atoms with Crippen molar-refractivity contribution in [1.82, 2.24) is 5.32 Å². The van der Waals surface area contributed by atoms with Gasteiger partial charge < -0.3 is 15.8 Å². The maximum absolute atomic E-state index is 5.86. The van der Waals surface area contributed by atoms with Crippen molar-refractivity contribution in [3.05, 3.63) is 0 Å². The van der Waals surface area contributed by atoms with Crippen LogP contribution in [0.3, 0.4) is 0 Å². The molecule has 2 aliphatic heterocycles. The Labute approximate surface area is 131 Å². The molecule has 2 heterocycles. The number of hydrogen-bond donors (Lipinski definition) is 2. The van der Waals surface area contributed by atoms with Crippen molar-refractivity contribution in [3.8, 4) is 0 Å². The Balaban J connectivity index is 0.00000162. The van der Waals surface area contributed by atoms with Crippen LogP contribution in [-0.2, 0) is 4.74 Å². The van der Waals surface area contributed by atoms with Crippen LogP contribution in [0.15, 0.2) is 4.99 Å². The van der Waals surface area contributed by atoms with Gasteiger partial charge in [-0.3, -0.25) is 4.99 Å². The minimum atomic E-state index is 0. The molecule has 106 valence electrons. The third-order valence-electron chi connectivity index (χ3n) is 3.42. The van der Waals surface area contributed by atoms with Crippen molar-refractivity contribution >= 4 is 41.7 Å². The monoisotopic (exact) mass is 385 g/mol. The summed E-state index contributed by atoms with van der Waals surface area (Å²) in [5, 5.41) is 3.16. The van der Waals surface area contributed by atoms with Gasteiger partial charge in [-0.25, -0.2) is 0 Å². The summed E-state index contributed by atoms with van der Waals surface area (Å²) >= 11 is 2.01. The van der Waals surface area contributed by atoms with Crippen LogP contribution >= 0.6 is 35.7 Å². The molecule has 3 N–H and O–H groups in total. The lowest BCUT2D eigenvalue weighted by molar-refractivity contribution is 0.114. The van der Waals surface area contributed by atoms with Crippen LogP contribution in [0.1, 0.15) is 32.6 Å². The van der Waals surface area contributed by atoms with Gasteiger partial charge in [-0.2, -0.15) is 11.8 Å². The molecule has 0 saturated carbocycles. The first-order valence-corrected chi connectivity index (χ1v) is 7.46. The third-order valence-corrected chi connectivity index (χ3v) is 4.94. The van der Waals surface area contributed by atoms with E-state index in [2.05, 4.69) is 17.2 Å². The molecule has 0 radical (unpaired) electrons. The summed E-state index contributed by atoms with van der Waals surface area (Å²) in [4.78, 5) is 4.45. The van der Waals surface area contributed by atoms with Crippen molar-refractivity contribution in [2.75, 3.05) is 25.4 Å². The lowest BCUT2D eigenvalue weighted by atomic mass is 10.1. The van der Waals surface area contributed by atoms with Gasteiger partial charge in [-0.1, -0.05) is 0 Å². The van der Waals surface area contributed by atoms with E-state index in [9.17, 15) is 0 Å². The molecular weight excluding hydrogens is 361 g/mol. The molecule has 0 spiro atoms. The standard InChI is InChI=1S/C12H23N3OS.HI/c1-12(5-3-7-17-12)9-15-11(13)14-8-10-4-2-6-16-10;/h10H,2-9H2,1H3,(H3,13,14,15);1H. The molecule has 2 rings (SSSR count). The molecule has 4 nitrogen and oxygen atoms in total. The maximum Gasteiger partial charge on any atom is 0.188 e. The van der Waals surface area contributed by atoms with Crippen LogP contribution in [0.5, 0.6) is 0 Å². The average molecular weight is 385 g/mol. The second-order valence-corrected chi connectivity index (χ2v) is 6.80. The predicted octanol–water partition coefficient (Wildman–Crippen LogP) is 1.97. The molecule has 0 amide bonds. The lowest BCUT2D eigenvalue weighted by Crippen LogP contribution is -2.38.